The van der Waals surface area contributed by atoms with Crippen LogP contribution in [0.25, 0.3) is 0 Å². The maximum absolute atomic E-state index is 11.5. The molecular weight excluding hydrogens is 192 g/mol. The van der Waals surface area contributed by atoms with Crippen LogP contribution in [0.5, 0.6) is 0 Å². The molecule has 1 rings (SSSR count). The summed E-state index contributed by atoms with van der Waals surface area (Å²) in [6.45, 7) is 4.82. The first-order valence-corrected chi connectivity index (χ1v) is 5.07. The van der Waals surface area contributed by atoms with Gasteiger partial charge in [-0.25, -0.2) is 0 Å². The van der Waals surface area contributed by atoms with Crippen LogP contribution in [0.2, 0.25) is 0 Å². The average molecular weight is 208 g/mol. The van der Waals surface area contributed by atoms with Crippen LogP contribution >= 0.6 is 0 Å². The van der Waals surface area contributed by atoms with Crippen molar-refractivity contribution in [3.63, 3.8) is 0 Å². The normalized spacial score (nSPS) is 10.3. The monoisotopic (exact) mass is 208 g/mol. The van der Waals surface area contributed by atoms with Crippen molar-refractivity contribution in [2.45, 2.75) is 20.3 Å². The average Bonchev–Trinajstić information content (AvgIpc) is 2.17. The number of pyridine rings is 1. The number of amides is 1. The van der Waals surface area contributed by atoms with E-state index in [1.165, 1.54) is 6.07 Å². The first-order chi connectivity index (χ1) is 7.09. The molecular formula is C11H16N2O2. The van der Waals surface area contributed by atoms with E-state index in [1.54, 1.807) is 12.1 Å². The van der Waals surface area contributed by atoms with Crippen molar-refractivity contribution in [2.75, 3.05) is 6.54 Å². The number of aromatic nitrogens is 1. The highest BCUT2D eigenvalue weighted by Crippen LogP contribution is 1.97. The van der Waals surface area contributed by atoms with Crippen LogP contribution in [0.3, 0.4) is 0 Å². The molecule has 0 fully saturated rings. The second-order valence-electron chi connectivity index (χ2n) is 3.87. The van der Waals surface area contributed by atoms with E-state index in [0.29, 0.717) is 18.2 Å². The number of carbonyl (C=O) groups excluding carboxylic acids is 1. The highest BCUT2D eigenvalue weighted by molar-refractivity contribution is 5.92. The Bertz CT molecular complexity index is 382. The molecule has 1 heterocycles. The molecule has 1 amide bonds. The van der Waals surface area contributed by atoms with Crippen LogP contribution in [0.1, 0.15) is 30.8 Å². The minimum absolute atomic E-state index is 0.228. The van der Waals surface area contributed by atoms with Gasteiger partial charge in [-0.15, -0.1) is 0 Å². The van der Waals surface area contributed by atoms with E-state index in [9.17, 15) is 9.59 Å². The van der Waals surface area contributed by atoms with E-state index in [4.69, 9.17) is 0 Å². The summed E-state index contributed by atoms with van der Waals surface area (Å²) in [5.41, 5.74) is 0.0535. The number of aromatic amines is 1. The van der Waals surface area contributed by atoms with Gasteiger partial charge in [0.1, 0.15) is 5.69 Å². The Morgan fingerprint density at radius 3 is 2.80 bits per heavy atom. The fourth-order valence-corrected chi connectivity index (χ4v) is 1.15. The van der Waals surface area contributed by atoms with E-state index < -0.39 is 0 Å². The summed E-state index contributed by atoms with van der Waals surface area (Å²) in [7, 11) is 0. The molecule has 4 heteroatoms. The Balaban J connectivity index is 2.51. The maximum Gasteiger partial charge on any atom is 0.267 e. The van der Waals surface area contributed by atoms with Crippen LogP contribution in [-0.2, 0) is 0 Å². The summed E-state index contributed by atoms with van der Waals surface area (Å²) in [5, 5.41) is 2.75. The standard InChI is InChI=1S/C11H16N2O2/c1-8(2)6-7-12-11(15)9-4-3-5-10(14)13-9/h3-5,8H,6-7H2,1-2H3,(H,12,15)(H,13,14). The largest absolute Gasteiger partial charge is 0.351 e. The molecule has 4 nitrogen and oxygen atoms in total. The molecule has 0 saturated carbocycles. The highest BCUT2D eigenvalue weighted by atomic mass is 16.2. The Labute approximate surface area is 88.7 Å². The van der Waals surface area contributed by atoms with Gasteiger partial charge in [0.2, 0.25) is 5.56 Å². The Morgan fingerprint density at radius 2 is 2.20 bits per heavy atom. The molecule has 0 radical (unpaired) electrons. The molecule has 0 spiro atoms. The fourth-order valence-electron chi connectivity index (χ4n) is 1.15. The van der Waals surface area contributed by atoms with Crippen molar-refractivity contribution in [1.82, 2.24) is 10.3 Å². The van der Waals surface area contributed by atoms with Crippen LogP contribution in [0, 0.1) is 5.92 Å². The summed E-state index contributed by atoms with van der Waals surface area (Å²) >= 11 is 0. The van der Waals surface area contributed by atoms with Crippen molar-refractivity contribution >= 4 is 5.91 Å². The predicted octanol–water partition coefficient (Wildman–Crippen LogP) is 1.15. The van der Waals surface area contributed by atoms with E-state index in [0.717, 1.165) is 6.42 Å². The Morgan fingerprint density at radius 1 is 1.47 bits per heavy atom. The molecule has 0 unspecified atom stereocenters. The quantitative estimate of drug-likeness (QED) is 0.779. The van der Waals surface area contributed by atoms with E-state index in [2.05, 4.69) is 24.1 Å². The fraction of sp³-hybridized carbons (Fsp3) is 0.455. The van der Waals surface area contributed by atoms with Crippen molar-refractivity contribution in [3.05, 3.63) is 34.2 Å². The molecule has 0 saturated heterocycles. The number of hydrogen-bond acceptors (Lipinski definition) is 2. The number of hydrogen-bond donors (Lipinski definition) is 2. The van der Waals surface area contributed by atoms with E-state index in [1.807, 2.05) is 0 Å². The molecule has 0 bridgehead atoms. The lowest BCUT2D eigenvalue weighted by Crippen LogP contribution is -2.27. The Kier molecular flexibility index (Phi) is 4.09. The molecule has 1 aromatic heterocycles. The third kappa shape index (κ3) is 3.97. The van der Waals surface area contributed by atoms with Gasteiger partial charge in [0.05, 0.1) is 0 Å². The summed E-state index contributed by atoms with van der Waals surface area (Å²) in [6.07, 6.45) is 0.933. The summed E-state index contributed by atoms with van der Waals surface area (Å²) in [4.78, 5) is 24.9. The molecule has 0 aromatic carbocycles. The van der Waals surface area contributed by atoms with Crippen LogP contribution in [-0.4, -0.2) is 17.4 Å². The number of rotatable bonds is 4. The lowest BCUT2D eigenvalue weighted by atomic mass is 10.1. The molecule has 0 aliphatic carbocycles. The van der Waals surface area contributed by atoms with Gasteiger partial charge in [0.25, 0.3) is 5.91 Å². The first-order valence-electron chi connectivity index (χ1n) is 5.07. The molecule has 0 aliphatic heterocycles. The van der Waals surface area contributed by atoms with Gasteiger partial charge < -0.3 is 10.3 Å². The van der Waals surface area contributed by atoms with E-state index >= 15 is 0 Å². The lowest BCUT2D eigenvalue weighted by Gasteiger charge is -2.06. The lowest BCUT2D eigenvalue weighted by molar-refractivity contribution is 0.0947. The zero-order valence-corrected chi connectivity index (χ0v) is 9.04. The third-order valence-electron chi connectivity index (χ3n) is 2.02. The topological polar surface area (TPSA) is 62.0 Å². The second-order valence-corrected chi connectivity index (χ2v) is 3.87. The number of carbonyl (C=O) groups is 1. The highest BCUT2D eigenvalue weighted by Gasteiger charge is 2.05. The van der Waals surface area contributed by atoms with Crippen molar-refractivity contribution in [1.29, 1.82) is 0 Å². The Hall–Kier alpha value is -1.58. The molecule has 82 valence electrons. The molecule has 15 heavy (non-hydrogen) atoms. The SMILES string of the molecule is CC(C)CCNC(=O)c1cccc(=O)[nH]1. The maximum atomic E-state index is 11.5. The molecule has 1 aromatic rings. The van der Waals surface area contributed by atoms with Gasteiger partial charge in [-0.2, -0.15) is 0 Å². The van der Waals surface area contributed by atoms with Gasteiger partial charge in [0.15, 0.2) is 0 Å². The summed E-state index contributed by atoms with van der Waals surface area (Å²) in [5.74, 6) is 0.327. The minimum atomic E-state index is -0.258. The number of H-pyrrole nitrogens is 1. The molecule has 2 N–H and O–H groups in total. The molecule has 0 aliphatic rings. The van der Waals surface area contributed by atoms with Gasteiger partial charge in [-0.3, -0.25) is 9.59 Å². The van der Waals surface area contributed by atoms with Crippen LogP contribution in [0.15, 0.2) is 23.0 Å². The minimum Gasteiger partial charge on any atom is -0.351 e. The van der Waals surface area contributed by atoms with Crippen LogP contribution in [0.4, 0.5) is 0 Å². The summed E-state index contributed by atoms with van der Waals surface area (Å²) < 4.78 is 0. The smallest absolute Gasteiger partial charge is 0.267 e. The molecule has 0 atom stereocenters. The summed E-state index contributed by atoms with van der Waals surface area (Å²) in [6, 6.07) is 4.53. The van der Waals surface area contributed by atoms with Gasteiger partial charge in [0, 0.05) is 12.6 Å². The van der Waals surface area contributed by atoms with Crippen molar-refractivity contribution in [2.24, 2.45) is 5.92 Å². The zero-order chi connectivity index (χ0) is 11.3. The van der Waals surface area contributed by atoms with Crippen molar-refractivity contribution in [3.8, 4) is 0 Å². The third-order valence-corrected chi connectivity index (χ3v) is 2.02. The van der Waals surface area contributed by atoms with Crippen LogP contribution < -0.4 is 10.9 Å². The van der Waals surface area contributed by atoms with E-state index in [-0.39, 0.29) is 11.5 Å². The van der Waals surface area contributed by atoms with Gasteiger partial charge >= 0.3 is 0 Å². The predicted molar refractivity (Wildman–Crippen MR) is 58.9 cm³/mol. The first kappa shape index (κ1) is 11.5. The van der Waals surface area contributed by atoms with Crippen molar-refractivity contribution < 1.29 is 4.79 Å². The van der Waals surface area contributed by atoms with Gasteiger partial charge in [-0.1, -0.05) is 19.9 Å². The van der Waals surface area contributed by atoms with Gasteiger partial charge in [-0.05, 0) is 18.4 Å². The second kappa shape index (κ2) is 5.34. The number of nitrogens with one attached hydrogen (secondary N) is 2. The zero-order valence-electron chi connectivity index (χ0n) is 9.04.